The topological polar surface area (TPSA) is 12.0 Å². The van der Waals surface area contributed by atoms with Crippen molar-refractivity contribution in [3.8, 4) is 0 Å². The zero-order chi connectivity index (χ0) is 10.7. The van der Waals surface area contributed by atoms with Crippen LogP contribution in [0, 0.1) is 0 Å². The van der Waals surface area contributed by atoms with Crippen LogP contribution in [0.25, 0.3) is 0 Å². The summed E-state index contributed by atoms with van der Waals surface area (Å²) in [6.45, 7) is 2.09. The molecule has 1 aliphatic carbocycles. The summed E-state index contributed by atoms with van der Waals surface area (Å²) in [7, 11) is 0. The summed E-state index contributed by atoms with van der Waals surface area (Å²) < 4.78 is 1.41. The number of thiophene rings is 1. The molecule has 1 saturated carbocycles. The van der Waals surface area contributed by atoms with Crippen LogP contribution in [0.5, 0.6) is 0 Å². The van der Waals surface area contributed by atoms with E-state index in [2.05, 4.69) is 17.6 Å². The van der Waals surface area contributed by atoms with Gasteiger partial charge in [0.05, 0.1) is 4.34 Å². The lowest BCUT2D eigenvalue weighted by atomic mass is 9.84. The molecule has 1 aliphatic rings. The molecule has 0 spiro atoms. The van der Waals surface area contributed by atoms with Gasteiger partial charge in [-0.25, -0.2) is 0 Å². The number of hydrogen-bond donors (Lipinski definition) is 1. The molecule has 15 heavy (non-hydrogen) atoms. The molecule has 1 N–H and O–H groups in total. The van der Waals surface area contributed by atoms with E-state index in [1.807, 2.05) is 17.8 Å². The van der Waals surface area contributed by atoms with Crippen LogP contribution >= 0.6 is 34.7 Å². The van der Waals surface area contributed by atoms with Gasteiger partial charge in [-0.05, 0) is 31.2 Å². The Morgan fingerprint density at radius 1 is 1.53 bits per heavy atom. The largest absolute Gasteiger partial charge is 0.310 e. The first-order chi connectivity index (χ1) is 7.24. The summed E-state index contributed by atoms with van der Waals surface area (Å²) in [6, 6.07) is 4.07. The molecule has 4 heteroatoms. The first-order valence-electron chi connectivity index (χ1n) is 5.24. The van der Waals surface area contributed by atoms with E-state index in [4.69, 9.17) is 11.6 Å². The van der Waals surface area contributed by atoms with Crippen molar-refractivity contribution >= 4 is 34.7 Å². The molecule has 0 aromatic carbocycles. The Morgan fingerprint density at radius 2 is 2.33 bits per heavy atom. The Bertz CT molecular complexity index is 315. The van der Waals surface area contributed by atoms with Gasteiger partial charge in [-0.2, -0.15) is 11.8 Å². The number of halogens is 1. The number of rotatable bonds is 5. The minimum atomic E-state index is 0.529. The highest BCUT2D eigenvalue weighted by Crippen LogP contribution is 2.42. The van der Waals surface area contributed by atoms with Gasteiger partial charge >= 0.3 is 0 Å². The van der Waals surface area contributed by atoms with Crippen molar-refractivity contribution in [3.63, 3.8) is 0 Å². The lowest BCUT2D eigenvalue weighted by Gasteiger charge is -2.40. The minimum Gasteiger partial charge on any atom is -0.310 e. The molecule has 1 fully saturated rings. The van der Waals surface area contributed by atoms with Crippen LogP contribution in [0.1, 0.15) is 24.1 Å². The fourth-order valence-electron chi connectivity index (χ4n) is 1.88. The van der Waals surface area contributed by atoms with E-state index in [1.165, 1.54) is 24.1 Å². The van der Waals surface area contributed by atoms with Crippen LogP contribution in [0.15, 0.2) is 12.1 Å². The minimum absolute atomic E-state index is 0.529. The van der Waals surface area contributed by atoms with Crippen molar-refractivity contribution in [1.29, 1.82) is 0 Å². The Labute approximate surface area is 105 Å². The van der Waals surface area contributed by atoms with Crippen LogP contribution in [0.4, 0.5) is 0 Å². The molecule has 84 valence electrons. The zero-order valence-electron chi connectivity index (χ0n) is 8.88. The summed E-state index contributed by atoms with van der Waals surface area (Å²) in [5, 5.41) is 3.54. The Hall–Kier alpha value is 0.300. The maximum atomic E-state index is 5.88. The van der Waals surface area contributed by atoms with Gasteiger partial charge in [0, 0.05) is 22.7 Å². The highest BCUT2D eigenvalue weighted by molar-refractivity contribution is 8.00. The second kappa shape index (κ2) is 5.09. The smallest absolute Gasteiger partial charge is 0.0931 e. The second-order valence-corrected chi connectivity index (χ2v) is 7.12. The SMILES string of the molecule is CSC1(CNCc2ccc(Cl)s2)CCC1. The van der Waals surface area contributed by atoms with E-state index in [1.54, 1.807) is 11.3 Å². The molecule has 0 atom stereocenters. The van der Waals surface area contributed by atoms with Crippen LogP contribution in [-0.2, 0) is 6.54 Å². The first kappa shape index (κ1) is 11.8. The Balaban J connectivity index is 1.74. The van der Waals surface area contributed by atoms with Crippen LogP contribution in [-0.4, -0.2) is 17.5 Å². The third-order valence-corrected chi connectivity index (χ3v) is 5.72. The molecule has 2 rings (SSSR count). The van der Waals surface area contributed by atoms with Crippen molar-refractivity contribution < 1.29 is 0 Å². The first-order valence-corrected chi connectivity index (χ1v) is 7.66. The molecule has 1 aromatic heterocycles. The summed E-state index contributed by atoms with van der Waals surface area (Å²) in [4.78, 5) is 1.33. The maximum Gasteiger partial charge on any atom is 0.0931 e. The van der Waals surface area contributed by atoms with Crippen LogP contribution < -0.4 is 5.32 Å². The van der Waals surface area contributed by atoms with Gasteiger partial charge in [0.2, 0.25) is 0 Å². The summed E-state index contributed by atoms with van der Waals surface area (Å²) in [5.41, 5.74) is 0. The average molecular weight is 262 g/mol. The van der Waals surface area contributed by atoms with Gasteiger partial charge in [-0.3, -0.25) is 0 Å². The van der Waals surface area contributed by atoms with Crippen molar-refractivity contribution in [2.24, 2.45) is 0 Å². The number of thioether (sulfide) groups is 1. The van der Waals surface area contributed by atoms with Gasteiger partial charge in [0.25, 0.3) is 0 Å². The number of hydrogen-bond acceptors (Lipinski definition) is 3. The molecule has 0 unspecified atom stereocenters. The quantitative estimate of drug-likeness (QED) is 0.866. The van der Waals surface area contributed by atoms with E-state index in [0.29, 0.717) is 4.75 Å². The predicted octanol–water partition coefficient (Wildman–Crippen LogP) is 3.78. The third-order valence-electron chi connectivity index (χ3n) is 3.07. The maximum absolute atomic E-state index is 5.88. The lowest BCUT2D eigenvalue weighted by Crippen LogP contribution is -2.43. The van der Waals surface area contributed by atoms with E-state index >= 15 is 0 Å². The van der Waals surface area contributed by atoms with E-state index in [-0.39, 0.29) is 0 Å². The second-order valence-electron chi connectivity index (χ2n) is 4.05. The summed E-state index contributed by atoms with van der Waals surface area (Å²) in [6.07, 6.45) is 6.36. The summed E-state index contributed by atoms with van der Waals surface area (Å²) in [5.74, 6) is 0. The third kappa shape index (κ3) is 2.90. The average Bonchev–Trinajstić information content (AvgIpc) is 2.56. The molecule has 1 heterocycles. The fraction of sp³-hybridized carbons (Fsp3) is 0.636. The summed E-state index contributed by atoms with van der Waals surface area (Å²) >= 11 is 9.56. The van der Waals surface area contributed by atoms with Crippen molar-refractivity contribution in [1.82, 2.24) is 5.32 Å². The van der Waals surface area contributed by atoms with Crippen LogP contribution in [0.2, 0.25) is 4.34 Å². The molecule has 1 nitrogen and oxygen atoms in total. The van der Waals surface area contributed by atoms with Crippen LogP contribution in [0.3, 0.4) is 0 Å². The highest BCUT2D eigenvalue weighted by atomic mass is 35.5. The van der Waals surface area contributed by atoms with Gasteiger partial charge in [-0.15, -0.1) is 11.3 Å². The number of nitrogens with one attached hydrogen (secondary N) is 1. The van der Waals surface area contributed by atoms with E-state index in [0.717, 1.165) is 17.4 Å². The van der Waals surface area contributed by atoms with E-state index < -0.39 is 0 Å². The molecular formula is C11H16ClNS2. The van der Waals surface area contributed by atoms with Crippen molar-refractivity contribution in [2.45, 2.75) is 30.6 Å². The lowest BCUT2D eigenvalue weighted by molar-refractivity contribution is 0.346. The standard InChI is InChI=1S/C11H16ClNS2/c1-14-11(5-2-6-11)8-13-7-9-3-4-10(12)15-9/h3-4,13H,2,5-8H2,1H3. The Kier molecular flexibility index (Phi) is 3.99. The van der Waals surface area contributed by atoms with Gasteiger partial charge < -0.3 is 5.32 Å². The Morgan fingerprint density at radius 3 is 2.80 bits per heavy atom. The normalized spacial score (nSPS) is 18.8. The molecule has 0 bridgehead atoms. The van der Waals surface area contributed by atoms with Crippen molar-refractivity contribution in [2.75, 3.05) is 12.8 Å². The highest BCUT2D eigenvalue weighted by Gasteiger charge is 2.35. The van der Waals surface area contributed by atoms with Crippen molar-refractivity contribution in [3.05, 3.63) is 21.3 Å². The zero-order valence-corrected chi connectivity index (χ0v) is 11.3. The van der Waals surface area contributed by atoms with E-state index in [9.17, 15) is 0 Å². The molecule has 1 aromatic rings. The fourth-order valence-corrected chi connectivity index (χ4v) is 3.88. The van der Waals surface area contributed by atoms with Gasteiger partial charge in [0.15, 0.2) is 0 Å². The molecule has 0 radical (unpaired) electrons. The predicted molar refractivity (Wildman–Crippen MR) is 71.1 cm³/mol. The monoisotopic (exact) mass is 261 g/mol. The van der Waals surface area contributed by atoms with Gasteiger partial charge in [-0.1, -0.05) is 18.0 Å². The molecule has 0 aliphatic heterocycles. The molecular weight excluding hydrogens is 246 g/mol. The molecule has 0 saturated heterocycles. The molecule has 0 amide bonds. The van der Waals surface area contributed by atoms with Gasteiger partial charge in [0.1, 0.15) is 0 Å².